The van der Waals surface area contributed by atoms with Gasteiger partial charge in [-0.2, -0.15) is 4.98 Å². The van der Waals surface area contributed by atoms with E-state index in [1.54, 1.807) is 0 Å². The molecule has 1 N–H and O–H groups in total. The number of methoxy groups -OCH3 is 1. The van der Waals surface area contributed by atoms with Crippen LogP contribution in [0.3, 0.4) is 0 Å². The van der Waals surface area contributed by atoms with E-state index in [1.165, 1.54) is 18.7 Å². The zero-order chi connectivity index (χ0) is 8.43. The summed E-state index contributed by atoms with van der Waals surface area (Å²) in [6.07, 6.45) is 0. The molecule has 5 heteroatoms. The Bertz CT molecular complexity index is 318. The van der Waals surface area contributed by atoms with Crippen molar-refractivity contribution >= 4 is 0 Å². The van der Waals surface area contributed by atoms with Gasteiger partial charge < -0.3 is 9.84 Å². The predicted octanol–water partition coefficient (Wildman–Crippen LogP) is -0.506. The van der Waals surface area contributed by atoms with Crippen molar-refractivity contribution in [1.29, 1.82) is 0 Å². The third-order valence-electron chi connectivity index (χ3n) is 1.26. The maximum absolute atomic E-state index is 10.9. The van der Waals surface area contributed by atoms with E-state index in [2.05, 4.69) is 4.98 Å². The lowest BCUT2D eigenvalue weighted by molar-refractivity contribution is 0.342. The van der Waals surface area contributed by atoms with E-state index >= 15 is 0 Å². The van der Waals surface area contributed by atoms with Crippen LogP contribution >= 0.6 is 0 Å². The molecular formula is C6H8N2O3. The van der Waals surface area contributed by atoms with Crippen molar-refractivity contribution in [3.8, 4) is 11.9 Å². The first-order valence-corrected chi connectivity index (χ1v) is 2.96. The smallest absolute Gasteiger partial charge is 0.301 e. The minimum atomic E-state index is -0.352. The summed E-state index contributed by atoms with van der Waals surface area (Å²) in [6.45, 7) is 0. The van der Waals surface area contributed by atoms with Crippen LogP contribution in [0.4, 0.5) is 0 Å². The molecule has 60 valence electrons. The van der Waals surface area contributed by atoms with E-state index in [4.69, 9.17) is 9.84 Å². The monoisotopic (exact) mass is 156 g/mol. The summed E-state index contributed by atoms with van der Waals surface area (Å²) in [5.41, 5.74) is -0.352. The van der Waals surface area contributed by atoms with E-state index in [-0.39, 0.29) is 17.4 Å². The average Bonchev–Trinajstić information content (AvgIpc) is 1.96. The number of ether oxygens (including phenoxy) is 1. The minimum absolute atomic E-state index is 0.0926. The van der Waals surface area contributed by atoms with E-state index < -0.39 is 0 Å². The maximum Gasteiger partial charge on any atom is 0.301 e. The van der Waals surface area contributed by atoms with Gasteiger partial charge >= 0.3 is 6.01 Å². The summed E-state index contributed by atoms with van der Waals surface area (Å²) >= 11 is 0. The highest BCUT2D eigenvalue weighted by Gasteiger charge is 2.02. The Balaban J connectivity index is 3.36. The van der Waals surface area contributed by atoms with Crippen molar-refractivity contribution < 1.29 is 9.84 Å². The second-order valence-corrected chi connectivity index (χ2v) is 2.00. The second kappa shape index (κ2) is 2.61. The molecule has 0 aliphatic carbocycles. The highest BCUT2D eigenvalue weighted by Crippen LogP contribution is 2.05. The van der Waals surface area contributed by atoms with Crippen molar-refractivity contribution in [3.05, 3.63) is 16.4 Å². The summed E-state index contributed by atoms with van der Waals surface area (Å²) in [7, 11) is 2.88. The van der Waals surface area contributed by atoms with Crippen LogP contribution in [0.2, 0.25) is 0 Å². The highest BCUT2D eigenvalue weighted by molar-refractivity contribution is 5.10. The molecule has 1 heterocycles. The fourth-order valence-electron chi connectivity index (χ4n) is 0.689. The van der Waals surface area contributed by atoms with Crippen LogP contribution in [-0.4, -0.2) is 21.8 Å². The summed E-state index contributed by atoms with van der Waals surface area (Å²) in [5.74, 6) is -0.329. The molecule has 0 saturated carbocycles. The molecule has 1 aromatic heterocycles. The molecule has 0 unspecified atom stereocenters. The third kappa shape index (κ3) is 1.31. The van der Waals surface area contributed by atoms with Crippen molar-refractivity contribution in [3.63, 3.8) is 0 Å². The van der Waals surface area contributed by atoms with E-state index in [0.717, 1.165) is 6.07 Å². The largest absolute Gasteiger partial charge is 0.493 e. The zero-order valence-corrected chi connectivity index (χ0v) is 6.24. The van der Waals surface area contributed by atoms with Crippen LogP contribution < -0.4 is 10.3 Å². The Morgan fingerprint density at radius 1 is 1.73 bits per heavy atom. The molecular weight excluding hydrogens is 148 g/mol. The molecule has 0 atom stereocenters. The van der Waals surface area contributed by atoms with Gasteiger partial charge in [-0.15, -0.1) is 0 Å². The van der Waals surface area contributed by atoms with Crippen molar-refractivity contribution in [1.82, 2.24) is 9.55 Å². The Labute approximate surface area is 62.9 Å². The summed E-state index contributed by atoms with van der Waals surface area (Å²) in [5, 5.41) is 8.85. The molecule has 0 aliphatic heterocycles. The van der Waals surface area contributed by atoms with Crippen LogP contribution in [-0.2, 0) is 7.05 Å². The van der Waals surface area contributed by atoms with E-state index in [9.17, 15) is 4.79 Å². The Hall–Kier alpha value is -1.52. The maximum atomic E-state index is 10.9. The molecule has 0 saturated heterocycles. The molecule has 0 aliphatic rings. The lowest BCUT2D eigenvalue weighted by Gasteiger charge is -2.03. The SMILES string of the molecule is COc1nc(O)cc(=O)n1C. The van der Waals surface area contributed by atoms with E-state index in [1.807, 2.05) is 0 Å². The molecule has 11 heavy (non-hydrogen) atoms. The number of hydrogen-bond acceptors (Lipinski definition) is 4. The van der Waals surface area contributed by atoms with Gasteiger partial charge in [-0.3, -0.25) is 9.36 Å². The molecule has 0 spiro atoms. The molecule has 0 bridgehead atoms. The van der Waals surface area contributed by atoms with Gasteiger partial charge in [-0.25, -0.2) is 0 Å². The normalized spacial score (nSPS) is 9.64. The van der Waals surface area contributed by atoms with Crippen molar-refractivity contribution in [2.45, 2.75) is 0 Å². The average molecular weight is 156 g/mol. The summed E-state index contributed by atoms with van der Waals surface area (Å²) < 4.78 is 5.89. The van der Waals surface area contributed by atoms with Crippen LogP contribution in [0.5, 0.6) is 11.9 Å². The number of nitrogens with zero attached hydrogens (tertiary/aromatic N) is 2. The van der Waals surface area contributed by atoms with Gasteiger partial charge in [-0.1, -0.05) is 0 Å². The minimum Gasteiger partial charge on any atom is -0.493 e. The summed E-state index contributed by atoms with van der Waals surface area (Å²) in [4.78, 5) is 14.5. The van der Waals surface area contributed by atoms with Crippen LogP contribution in [0, 0.1) is 0 Å². The van der Waals surface area contributed by atoms with Crippen LogP contribution in [0.25, 0.3) is 0 Å². The molecule has 1 rings (SSSR count). The Morgan fingerprint density at radius 3 is 2.91 bits per heavy atom. The summed E-state index contributed by atoms with van der Waals surface area (Å²) in [6, 6.07) is 1.11. The standard InChI is InChI=1S/C6H8N2O3/c1-8-5(10)3-4(9)7-6(8)11-2/h3,9H,1-2H3. The topological polar surface area (TPSA) is 64.3 Å². The van der Waals surface area contributed by atoms with Gasteiger partial charge in [0.05, 0.1) is 13.2 Å². The van der Waals surface area contributed by atoms with Gasteiger partial charge in [0.25, 0.3) is 5.56 Å². The first kappa shape index (κ1) is 7.59. The molecule has 5 nitrogen and oxygen atoms in total. The number of aromatic hydroxyl groups is 1. The number of hydrogen-bond donors (Lipinski definition) is 1. The first-order valence-electron chi connectivity index (χ1n) is 2.96. The zero-order valence-electron chi connectivity index (χ0n) is 6.24. The lowest BCUT2D eigenvalue weighted by Crippen LogP contribution is -2.17. The van der Waals surface area contributed by atoms with Gasteiger partial charge in [0.1, 0.15) is 0 Å². The fourth-order valence-corrected chi connectivity index (χ4v) is 0.689. The second-order valence-electron chi connectivity index (χ2n) is 2.00. The number of rotatable bonds is 1. The third-order valence-corrected chi connectivity index (χ3v) is 1.26. The van der Waals surface area contributed by atoms with Crippen molar-refractivity contribution in [2.24, 2.45) is 7.05 Å². The van der Waals surface area contributed by atoms with Gasteiger partial charge in [0.2, 0.25) is 5.88 Å². The Kier molecular flexibility index (Phi) is 1.80. The first-order chi connectivity index (χ1) is 5.15. The molecule has 0 aromatic carbocycles. The predicted molar refractivity (Wildman–Crippen MR) is 37.7 cm³/mol. The van der Waals surface area contributed by atoms with Crippen LogP contribution in [0.15, 0.2) is 10.9 Å². The lowest BCUT2D eigenvalue weighted by atomic mass is 10.6. The highest BCUT2D eigenvalue weighted by atomic mass is 16.5. The van der Waals surface area contributed by atoms with Gasteiger partial charge in [-0.05, 0) is 0 Å². The molecule has 0 amide bonds. The Morgan fingerprint density at radius 2 is 2.36 bits per heavy atom. The molecule has 1 aromatic rings. The van der Waals surface area contributed by atoms with E-state index in [0.29, 0.717) is 0 Å². The quantitative estimate of drug-likeness (QED) is 0.595. The van der Waals surface area contributed by atoms with Gasteiger partial charge in [0.15, 0.2) is 0 Å². The molecule has 0 fully saturated rings. The van der Waals surface area contributed by atoms with Crippen LogP contribution in [0.1, 0.15) is 0 Å². The van der Waals surface area contributed by atoms with Crippen molar-refractivity contribution in [2.75, 3.05) is 7.11 Å². The van der Waals surface area contributed by atoms with Gasteiger partial charge in [0, 0.05) is 7.05 Å². The number of aromatic nitrogens is 2. The molecule has 0 radical (unpaired) electrons. The fraction of sp³-hybridized carbons (Fsp3) is 0.333.